The van der Waals surface area contributed by atoms with Crippen LogP contribution in [0.25, 0.3) is 0 Å². The number of aromatic amines is 1. The van der Waals surface area contributed by atoms with Crippen molar-refractivity contribution in [3.8, 4) is 0 Å². The predicted molar refractivity (Wildman–Crippen MR) is 51.9 cm³/mol. The standard InChI is InChI=1S/C7H10N2O3.CH2O2/c1-12-5-4-9-3-2-6(10)8-7(9)11;2-1-3/h2-3H,4-5H2,1H3,(H,8,10,11);1H,(H,2,3). The van der Waals surface area contributed by atoms with Gasteiger partial charge in [0, 0.05) is 19.4 Å². The quantitative estimate of drug-likeness (QED) is 0.623. The molecule has 0 saturated heterocycles. The number of H-pyrrole nitrogens is 1. The Kier molecular flexibility index (Phi) is 6.56. The maximum Gasteiger partial charge on any atom is 0.328 e. The van der Waals surface area contributed by atoms with E-state index in [4.69, 9.17) is 14.6 Å². The van der Waals surface area contributed by atoms with E-state index in [9.17, 15) is 9.59 Å². The molecule has 0 aliphatic rings. The fourth-order valence-corrected chi connectivity index (χ4v) is 0.810. The molecule has 0 spiro atoms. The Morgan fingerprint density at radius 1 is 1.60 bits per heavy atom. The molecular weight excluding hydrogens is 204 g/mol. The van der Waals surface area contributed by atoms with Gasteiger partial charge in [-0.3, -0.25) is 19.1 Å². The summed E-state index contributed by atoms with van der Waals surface area (Å²) < 4.78 is 6.16. The van der Waals surface area contributed by atoms with Gasteiger partial charge in [0.25, 0.3) is 12.0 Å². The van der Waals surface area contributed by atoms with Crippen LogP contribution in [0.1, 0.15) is 0 Å². The van der Waals surface area contributed by atoms with Crippen molar-refractivity contribution in [1.29, 1.82) is 0 Å². The Morgan fingerprint density at radius 3 is 2.67 bits per heavy atom. The maximum atomic E-state index is 11.0. The molecule has 1 rings (SSSR count). The molecule has 84 valence electrons. The molecule has 7 nitrogen and oxygen atoms in total. The average molecular weight is 216 g/mol. The summed E-state index contributed by atoms with van der Waals surface area (Å²) in [5.41, 5.74) is -0.784. The van der Waals surface area contributed by atoms with Gasteiger partial charge in [-0.05, 0) is 0 Å². The number of aromatic nitrogens is 2. The highest BCUT2D eigenvalue weighted by Crippen LogP contribution is 1.76. The monoisotopic (exact) mass is 216 g/mol. The minimum absolute atomic E-state index is 0.250. The van der Waals surface area contributed by atoms with Crippen molar-refractivity contribution in [2.45, 2.75) is 6.54 Å². The highest BCUT2D eigenvalue weighted by molar-refractivity contribution is 5.32. The molecule has 7 heteroatoms. The van der Waals surface area contributed by atoms with Gasteiger partial charge in [-0.25, -0.2) is 4.79 Å². The predicted octanol–water partition coefficient (Wildman–Crippen LogP) is -1.12. The van der Waals surface area contributed by atoms with E-state index in [0.717, 1.165) is 0 Å². The van der Waals surface area contributed by atoms with Gasteiger partial charge in [-0.15, -0.1) is 0 Å². The molecule has 15 heavy (non-hydrogen) atoms. The third kappa shape index (κ3) is 5.42. The highest BCUT2D eigenvalue weighted by Gasteiger charge is 1.93. The molecule has 1 aromatic heterocycles. The lowest BCUT2D eigenvalue weighted by Crippen LogP contribution is -2.29. The van der Waals surface area contributed by atoms with E-state index in [1.54, 1.807) is 7.11 Å². The zero-order chi connectivity index (χ0) is 11.7. The van der Waals surface area contributed by atoms with Gasteiger partial charge in [0.1, 0.15) is 0 Å². The van der Waals surface area contributed by atoms with Crippen molar-refractivity contribution in [2.75, 3.05) is 13.7 Å². The smallest absolute Gasteiger partial charge is 0.328 e. The first-order chi connectivity index (χ1) is 7.15. The molecule has 1 heterocycles. The third-order valence-corrected chi connectivity index (χ3v) is 1.43. The van der Waals surface area contributed by atoms with Crippen LogP contribution in [0.5, 0.6) is 0 Å². The lowest BCUT2D eigenvalue weighted by atomic mass is 10.6. The number of rotatable bonds is 3. The van der Waals surface area contributed by atoms with Crippen LogP contribution in [0.4, 0.5) is 0 Å². The molecule has 0 atom stereocenters. The van der Waals surface area contributed by atoms with Gasteiger partial charge in [0.2, 0.25) is 0 Å². The van der Waals surface area contributed by atoms with Crippen molar-refractivity contribution in [3.63, 3.8) is 0 Å². The molecule has 0 saturated carbocycles. The van der Waals surface area contributed by atoms with E-state index in [1.807, 2.05) is 0 Å². The first-order valence-corrected chi connectivity index (χ1v) is 4.02. The topological polar surface area (TPSA) is 101 Å². The van der Waals surface area contributed by atoms with Gasteiger partial charge in [0.15, 0.2) is 0 Å². The number of methoxy groups -OCH3 is 1. The van der Waals surface area contributed by atoms with Gasteiger partial charge in [-0.2, -0.15) is 0 Å². The average Bonchev–Trinajstić information content (AvgIpc) is 2.18. The van der Waals surface area contributed by atoms with E-state index in [1.165, 1.54) is 16.8 Å². The Bertz CT molecular complexity index is 395. The maximum absolute atomic E-state index is 11.0. The van der Waals surface area contributed by atoms with E-state index >= 15 is 0 Å². The fraction of sp³-hybridized carbons (Fsp3) is 0.375. The Morgan fingerprint density at radius 2 is 2.20 bits per heavy atom. The van der Waals surface area contributed by atoms with E-state index in [2.05, 4.69) is 4.98 Å². The second-order valence-electron chi connectivity index (χ2n) is 2.40. The van der Waals surface area contributed by atoms with Crippen LogP contribution in [0, 0.1) is 0 Å². The molecular formula is C8H12N2O5. The van der Waals surface area contributed by atoms with Crippen molar-refractivity contribution >= 4 is 6.47 Å². The summed E-state index contributed by atoms with van der Waals surface area (Å²) >= 11 is 0. The molecule has 2 N–H and O–H groups in total. The highest BCUT2D eigenvalue weighted by atomic mass is 16.5. The SMILES string of the molecule is COCCn1ccc(=O)[nH]c1=O.O=CO. The second-order valence-corrected chi connectivity index (χ2v) is 2.40. The van der Waals surface area contributed by atoms with Crippen molar-refractivity contribution in [1.82, 2.24) is 9.55 Å². The lowest BCUT2D eigenvalue weighted by Gasteiger charge is -2.01. The van der Waals surface area contributed by atoms with Crippen molar-refractivity contribution in [3.05, 3.63) is 33.1 Å². The number of nitrogens with one attached hydrogen (secondary N) is 1. The van der Waals surface area contributed by atoms with Crippen LogP contribution in [-0.2, 0) is 16.1 Å². The summed E-state index contributed by atoms with van der Waals surface area (Å²) in [5, 5.41) is 6.89. The van der Waals surface area contributed by atoms with Crippen molar-refractivity contribution < 1.29 is 14.6 Å². The van der Waals surface area contributed by atoms with Gasteiger partial charge < -0.3 is 9.84 Å². The first-order valence-electron chi connectivity index (χ1n) is 4.02. The van der Waals surface area contributed by atoms with Crippen LogP contribution in [0.3, 0.4) is 0 Å². The fourth-order valence-electron chi connectivity index (χ4n) is 0.810. The molecule has 0 aromatic carbocycles. The Balaban J connectivity index is 0.000000583. The summed E-state index contributed by atoms with van der Waals surface area (Å²) in [6.07, 6.45) is 1.44. The number of ether oxygens (including phenoxy) is 1. The van der Waals surface area contributed by atoms with Crippen LogP contribution >= 0.6 is 0 Å². The molecule has 0 amide bonds. The minimum Gasteiger partial charge on any atom is -0.483 e. The number of carboxylic acid groups (broad SMARTS) is 1. The summed E-state index contributed by atoms with van der Waals surface area (Å²) in [4.78, 5) is 32.1. The summed E-state index contributed by atoms with van der Waals surface area (Å²) in [6, 6.07) is 1.30. The number of carbonyl (C=O) groups is 1. The zero-order valence-corrected chi connectivity index (χ0v) is 8.17. The van der Waals surface area contributed by atoms with Gasteiger partial charge in [0.05, 0.1) is 13.2 Å². The molecule has 0 radical (unpaired) electrons. The normalized spacial score (nSPS) is 8.87. The molecule has 1 aromatic rings. The van der Waals surface area contributed by atoms with Gasteiger partial charge >= 0.3 is 5.69 Å². The van der Waals surface area contributed by atoms with E-state index < -0.39 is 5.69 Å². The molecule has 0 aliphatic carbocycles. The number of hydrogen-bond donors (Lipinski definition) is 2. The van der Waals surface area contributed by atoms with Crippen LogP contribution in [0.15, 0.2) is 21.9 Å². The number of hydrogen-bond acceptors (Lipinski definition) is 4. The van der Waals surface area contributed by atoms with Crippen LogP contribution < -0.4 is 11.2 Å². The van der Waals surface area contributed by atoms with Gasteiger partial charge in [-0.1, -0.05) is 0 Å². The molecule has 0 unspecified atom stereocenters. The first kappa shape index (κ1) is 13.1. The van der Waals surface area contributed by atoms with E-state index in [0.29, 0.717) is 13.2 Å². The minimum atomic E-state index is -0.403. The zero-order valence-electron chi connectivity index (χ0n) is 8.17. The Hall–Kier alpha value is -1.89. The van der Waals surface area contributed by atoms with Crippen molar-refractivity contribution in [2.24, 2.45) is 0 Å². The summed E-state index contributed by atoms with van der Waals surface area (Å²) in [6.45, 7) is 0.651. The Labute approximate surface area is 84.9 Å². The lowest BCUT2D eigenvalue weighted by molar-refractivity contribution is -0.122. The van der Waals surface area contributed by atoms with Crippen LogP contribution in [0.2, 0.25) is 0 Å². The molecule has 0 bridgehead atoms. The summed E-state index contributed by atoms with van der Waals surface area (Å²) in [7, 11) is 1.55. The second kappa shape index (κ2) is 7.51. The number of nitrogens with zero attached hydrogens (tertiary/aromatic N) is 1. The molecule has 0 fully saturated rings. The third-order valence-electron chi connectivity index (χ3n) is 1.43. The van der Waals surface area contributed by atoms with Crippen LogP contribution in [-0.4, -0.2) is 34.8 Å². The molecule has 0 aliphatic heterocycles. The summed E-state index contributed by atoms with van der Waals surface area (Å²) in [5.74, 6) is 0. The largest absolute Gasteiger partial charge is 0.483 e. The van der Waals surface area contributed by atoms with E-state index in [-0.39, 0.29) is 12.0 Å².